The van der Waals surface area contributed by atoms with Gasteiger partial charge in [0.1, 0.15) is 0 Å². The minimum absolute atomic E-state index is 0.175. The van der Waals surface area contributed by atoms with Crippen LogP contribution in [0.3, 0.4) is 0 Å². The molecule has 0 radical (unpaired) electrons. The van der Waals surface area contributed by atoms with Crippen LogP contribution in [0, 0.1) is 0 Å². The van der Waals surface area contributed by atoms with Crippen molar-refractivity contribution in [3.8, 4) is 0 Å². The highest BCUT2D eigenvalue weighted by Gasteiger charge is 2.02. The monoisotopic (exact) mass is 344 g/mol. The van der Waals surface area contributed by atoms with Crippen LogP contribution < -0.4 is 0 Å². The fraction of sp³-hybridized carbons (Fsp3) is 0.455. The van der Waals surface area contributed by atoms with E-state index in [-0.39, 0.29) is 24.2 Å². The molecule has 11 heteroatoms. The van der Waals surface area contributed by atoms with Crippen molar-refractivity contribution in [3.05, 3.63) is 23.8 Å². The van der Waals surface area contributed by atoms with Gasteiger partial charge >= 0.3 is 19.8 Å². The van der Waals surface area contributed by atoms with Crippen molar-refractivity contribution >= 4 is 19.8 Å². The zero-order chi connectivity index (χ0) is 18.5. The summed E-state index contributed by atoms with van der Waals surface area (Å²) >= 11 is 0. The fourth-order valence-electron chi connectivity index (χ4n) is 0.475. The molecule has 0 aromatic carbocycles. The minimum atomic E-state index is -4.64. The summed E-state index contributed by atoms with van der Waals surface area (Å²) in [4.78, 5) is 41.3. The molecule has 0 spiro atoms. The zero-order valence-corrected chi connectivity index (χ0v) is 13.0. The minimum Gasteiger partial charge on any atom is -0.478 e. The molecule has 0 aliphatic carbocycles. The first-order valence-electron chi connectivity index (χ1n) is 5.58. The van der Waals surface area contributed by atoms with Gasteiger partial charge in [-0.3, -0.25) is 0 Å². The van der Waals surface area contributed by atoms with Gasteiger partial charge in [0.2, 0.25) is 0 Å². The summed E-state index contributed by atoms with van der Waals surface area (Å²) in [6, 6.07) is 0. The van der Waals surface area contributed by atoms with Crippen molar-refractivity contribution < 1.29 is 49.3 Å². The van der Waals surface area contributed by atoms with Gasteiger partial charge in [-0.25, -0.2) is 14.2 Å². The van der Waals surface area contributed by atoms with E-state index in [1.807, 2.05) is 0 Å². The first-order chi connectivity index (χ1) is 9.72. The van der Waals surface area contributed by atoms with E-state index in [0.717, 1.165) is 0 Å². The second-order valence-corrected chi connectivity index (χ2v) is 4.89. The predicted octanol–water partition coefficient (Wildman–Crippen LogP) is -0.521. The standard InChI is InChI=1S/C7H12O4.C4H6O2.H3O4P/c1-5(7(10)11)2-3-6(9)4-8;1-3(2)4(5)6;1-5(2,3)4/h2,6,8-9H,3-4H2,1H3,(H,10,11);1H2,2H3,(H,5,6);(H3,1,2,3,4). The van der Waals surface area contributed by atoms with Crippen LogP contribution in [0.15, 0.2) is 23.8 Å². The second-order valence-electron chi connectivity index (χ2n) is 3.86. The van der Waals surface area contributed by atoms with Crippen LogP contribution in [0.1, 0.15) is 20.3 Å². The lowest BCUT2D eigenvalue weighted by Gasteiger charge is -2.01. The third kappa shape index (κ3) is 31.1. The third-order valence-electron chi connectivity index (χ3n) is 1.61. The SMILES string of the molecule is C=C(C)C(=O)O.CC(=CCC(O)CO)C(=O)O.O=P(O)(O)O. The topological polar surface area (TPSA) is 193 Å². The Bertz CT molecular complexity index is 416. The summed E-state index contributed by atoms with van der Waals surface area (Å²) in [7, 11) is -4.64. The quantitative estimate of drug-likeness (QED) is 0.252. The molecule has 0 fully saturated rings. The maximum Gasteiger partial charge on any atom is 0.466 e. The highest BCUT2D eigenvalue weighted by atomic mass is 31.2. The van der Waals surface area contributed by atoms with Gasteiger partial charge in [0.05, 0.1) is 12.7 Å². The summed E-state index contributed by atoms with van der Waals surface area (Å²) in [6.45, 7) is 5.69. The number of phosphoric acid groups is 1. The number of carboxylic acids is 2. The Hall–Kier alpha value is -1.55. The van der Waals surface area contributed by atoms with Crippen molar-refractivity contribution in [1.29, 1.82) is 0 Å². The van der Waals surface area contributed by atoms with E-state index in [0.29, 0.717) is 0 Å². The average molecular weight is 344 g/mol. The summed E-state index contributed by atoms with van der Waals surface area (Å²) in [6.07, 6.45) is 0.696. The number of hydrogen-bond acceptors (Lipinski definition) is 5. The van der Waals surface area contributed by atoms with Crippen LogP contribution in [0.25, 0.3) is 0 Å². The highest BCUT2D eigenvalue weighted by Crippen LogP contribution is 2.25. The van der Waals surface area contributed by atoms with Gasteiger partial charge < -0.3 is 35.1 Å². The largest absolute Gasteiger partial charge is 0.478 e. The Balaban J connectivity index is -0.000000277. The molecule has 0 aliphatic rings. The third-order valence-corrected chi connectivity index (χ3v) is 1.61. The van der Waals surface area contributed by atoms with Gasteiger partial charge in [0, 0.05) is 11.1 Å². The fourth-order valence-corrected chi connectivity index (χ4v) is 0.475. The molecule has 0 rings (SSSR count). The molecule has 0 amide bonds. The molecule has 10 nitrogen and oxygen atoms in total. The van der Waals surface area contributed by atoms with E-state index >= 15 is 0 Å². The van der Waals surface area contributed by atoms with Crippen LogP contribution in [0.2, 0.25) is 0 Å². The number of rotatable bonds is 5. The van der Waals surface area contributed by atoms with Gasteiger partial charge in [0.15, 0.2) is 0 Å². The van der Waals surface area contributed by atoms with E-state index in [1.54, 1.807) is 0 Å². The predicted molar refractivity (Wildman–Crippen MR) is 75.8 cm³/mol. The van der Waals surface area contributed by atoms with Crippen molar-refractivity contribution in [2.45, 2.75) is 26.4 Å². The van der Waals surface area contributed by atoms with Crippen molar-refractivity contribution in [2.24, 2.45) is 0 Å². The molecule has 0 bridgehead atoms. The Morgan fingerprint density at radius 1 is 1.14 bits per heavy atom. The second kappa shape index (κ2) is 13.1. The Morgan fingerprint density at radius 3 is 1.64 bits per heavy atom. The molecule has 0 saturated carbocycles. The number of hydrogen-bond donors (Lipinski definition) is 7. The lowest BCUT2D eigenvalue weighted by atomic mass is 10.2. The summed E-state index contributed by atoms with van der Waals surface area (Å²) in [5.41, 5.74) is 0.354. The summed E-state index contributed by atoms with van der Waals surface area (Å²) < 4.78 is 8.88. The maximum atomic E-state index is 10.2. The Kier molecular flexibility index (Phi) is 15.2. The van der Waals surface area contributed by atoms with E-state index < -0.39 is 25.9 Å². The van der Waals surface area contributed by atoms with Gasteiger partial charge in [-0.15, -0.1) is 0 Å². The zero-order valence-electron chi connectivity index (χ0n) is 12.1. The number of aliphatic hydroxyl groups is 2. The van der Waals surface area contributed by atoms with Crippen molar-refractivity contribution in [1.82, 2.24) is 0 Å². The Morgan fingerprint density at radius 2 is 1.45 bits per heavy atom. The van der Waals surface area contributed by atoms with Gasteiger partial charge in [-0.05, 0) is 20.3 Å². The van der Waals surface area contributed by atoms with Crippen LogP contribution in [-0.4, -0.2) is 59.8 Å². The molecule has 22 heavy (non-hydrogen) atoms. The van der Waals surface area contributed by atoms with E-state index in [2.05, 4.69) is 6.58 Å². The summed E-state index contributed by atoms with van der Waals surface area (Å²) in [5.74, 6) is -1.94. The molecule has 0 heterocycles. The number of carbonyl (C=O) groups is 2. The van der Waals surface area contributed by atoms with E-state index in [4.69, 9.17) is 39.7 Å². The highest BCUT2D eigenvalue weighted by molar-refractivity contribution is 7.45. The van der Waals surface area contributed by atoms with Crippen molar-refractivity contribution in [3.63, 3.8) is 0 Å². The molecular formula is C11H21O10P. The van der Waals surface area contributed by atoms with Crippen LogP contribution in [0.4, 0.5) is 0 Å². The van der Waals surface area contributed by atoms with Gasteiger partial charge in [-0.1, -0.05) is 12.7 Å². The first kappa shape index (κ1) is 25.4. The smallest absolute Gasteiger partial charge is 0.466 e. The molecule has 0 saturated heterocycles. The molecule has 1 atom stereocenters. The average Bonchev–Trinajstić information content (AvgIpc) is 2.33. The summed E-state index contributed by atoms with van der Waals surface area (Å²) in [5, 5.41) is 33.4. The van der Waals surface area contributed by atoms with Crippen LogP contribution >= 0.6 is 7.82 Å². The maximum absolute atomic E-state index is 10.2. The van der Waals surface area contributed by atoms with E-state index in [1.165, 1.54) is 19.9 Å². The Labute approximate surface area is 126 Å². The van der Waals surface area contributed by atoms with Crippen LogP contribution in [0.5, 0.6) is 0 Å². The molecule has 0 aromatic heterocycles. The van der Waals surface area contributed by atoms with Crippen LogP contribution in [-0.2, 0) is 14.2 Å². The molecule has 130 valence electrons. The number of carboxylic acid groups (broad SMARTS) is 2. The number of aliphatic hydroxyl groups excluding tert-OH is 2. The lowest BCUT2D eigenvalue weighted by molar-refractivity contribution is -0.133. The molecule has 1 unspecified atom stereocenters. The molecule has 0 aromatic rings. The van der Waals surface area contributed by atoms with Crippen molar-refractivity contribution in [2.75, 3.05) is 6.61 Å². The normalized spacial score (nSPS) is 12.0. The van der Waals surface area contributed by atoms with Gasteiger partial charge in [0.25, 0.3) is 0 Å². The molecular weight excluding hydrogens is 323 g/mol. The number of aliphatic carboxylic acids is 2. The molecule has 7 N–H and O–H groups in total. The van der Waals surface area contributed by atoms with E-state index in [9.17, 15) is 9.59 Å². The molecule has 0 aliphatic heterocycles. The first-order valence-corrected chi connectivity index (χ1v) is 7.14. The lowest BCUT2D eigenvalue weighted by Crippen LogP contribution is -2.10. The van der Waals surface area contributed by atoms with Gasteiger partial charge in [-0.2, -0.15) is 0 Å².